The molecule has 2 atom stereocenters. The van der Waals surface area contributed by atoms with Crippen molar-refractivity contribution in [3.8, 4) is 0 Å². The lowest BCUT2D eigenvalue weighted by atomic mass is 9.96. The topological polar surface area (TPSA) is 29.9 Å². The predicted octanol–water partition coefficient (Wildman–Crippen LogP) is 3.99. The highest BCUT2D eigenvalue weighted by atomic mass is 15.2. The lowest BCUT2D eigenvalue weighted by Gasteiger charge is -2.26. The summed E-state index contributed by atoms with van der Waals surface area (Å²) in [5, 5.41) is 3.68. The molecule has 0 radical (unpaired) electrons. The number of hydrogen-bond acceptors (Lipinski definition) is 2. The maximum Gasteiger partial charge on any atom is 0.203 e. The molecule has 100 valence electrons. The molecule has 0 aromatic carbocycles. The van der Waals surface area contributed by atoms with Crippen molar-refractivity contribution in [3.05, 3.63) is 12.4 Å². The van der Waals surface area contributed by atoms with Gasteiger partial charge >= 0.3 is 0 Å². The first-order valence-corrected chi connectivity index (χ1v) is 7.64. The second kappa shape index (κ2) is 5.33. The first-order valence-electron chi connectivity index (χ1n) is 7.64. The van der Waals surface area contributed by atoms with Crippen LogP contribution in [0.15, 0.2) is 12.4 Å². The van der Waals surface area contributed by atoms with Gasteiger partial charge in [0.1, 0.15) is 0 Å². The molecule has 2 saturated carbocycles. The van der Waals surface area contributed by atoms with E-state index >= 15 is 0 Å². The Morgan fingerprint density at radius 2 is 1.94 bits per heavy atom. The fourth-order valence-electron chi connectivity index (χ4n) is 3.66. The molecule has 3 nitrogen and oxygen atoms in total. The fourth-order valence-corrected chi connectivity index (χ4v) is 3.66. The van der Waals surface area contributed by atoms with Crippen molar-refractivity contribution in [3.63, 3.8) is 0 Å². The van der Waals surface area contributed by atoms with E-state index in [9.17, 15) is 0 Å². The first kappa shape index (κ1) is 12.1. The molecule has 1 aromatic heterocycles. The van der Waals surface area contributed by atoms with Gasteiger partial charge in [0.15, 0.2) is 0 Å². The number of nitrogens with one attached hydrogen (secondary N) is 1. The van der Waals surface area contributed by atoms with Crippen molar-refractivity contribution in [2.45, 2.75) is 70.4 Å². The molecular formula is C15H25N3. The van der Waals surface area contributed by atoms with Crippen molar-refractivity contribution in [2.24, 2.45) is 5.92 Å². The smallest absolute Gasteiger partial charge is 0.203 e. The largest absolute Gasteiger partial charge is 0.353 e. The number of aromatic nitrogens is 2. The summed E-state index contributed by atoms with van der Waals surface area (Å²) in [7, 11) is 0. The number of anilines is 1. The highest BCUT2D eigenvalue weighted by Gasteiger charge is 2.27. The van der Waals surface area contributed by atoms with E-state index in [4.69, 9.17) is 0 Å². The Hall–Kier alpha value is -0.990. The van der Waals surface area contributed by atoms with E-state index < -0.39 is 0 Å². The summed E-state index contributed by atoms with van der Waals surface area (Å²) in [4.78, 5) is 4.54. The van der Waals surface area contributed by atoms with Crippen LogP contribution in [-0.4, -0.2) is 15.6 Å². The minimum absolute atomic E-state index is 0.650. The van der Waals surface area contributed by atoms with Crippen LogP contribution in [0.5, 0.6) is 0 Å². The van der Waals surface area contributed by atoms with Gasteiger partial charge in [-0.1, -0.05) is 32.6 Å². The zero-order chi connectivity index (χ0) is 12.4. The Labute approximate surface area is 110 Å². The van der Waals surface area contributed by atoms with Crippen LogP contribution in [0.3, 0.4) is 0 Å². The van der Waals surface area contributed by atoms with Crippen LogP contribution in [0.4, 0.5) is 5.95 Å². The summed E-state index contributed by atoms with van der Waals surface area (Å²) in [6.45, 7) is 2.38. The Kier molecular flexibility index (Phi) is 3.57. The zero-order valence-electron chi connectivity index (χ0n) is 11.4. The summed E-state index contributed by atoms with van der Waals surface area (Å²) in [5.41, 5.74) is 0. The second-order valence-corrected chi connectivity index (χ2v) is 6.11. The maximum absolute atomic E-state index is 4.54. The lowest BCUT2D eigenvalue weighted by molar-refractivity contribution is 0.405. The van der Waals surface area contributed by atoms with Crippen molar-refractivity contribution >= 4 is 5.95 Å². The Bertz CT molecular complexity index is 379. The molecule has 0 bridgehead atoms. The van der Waals surface area contributed by atoms with Gasteiger partial charge < -0.3 is 9.88 Å². The summed E-state index contributed by atoms with van der Waals surface area (Å²) in [5.74, 6) is 1.91. The van der Waals surface area contributed by atoms with Crippen LogP contribution in [0, 0.1) is 5.92 Å². The van der Waals surface area contributed by atoms with Crippen LogP contribution >= 0.6 is 0 Å². The van der Waals surface area contributed by atoms with Gasteiger partial charge in [0, 0.05) is 24.5 Å². The van der Waals surface area contributed by atoms with E-state index in [1.807, 2.05) is 6.20 Å². The van der Waals surface area contributed by atoms with Crippen molar-refractivity contribution in [1.29, 1.82) is 0 Å². The molecule has 1 aromatic rings. The van der Waals surface area contributed by atoms with Gasteiger partial charge in [0.05, 0.1) is 0 Å². The van der Waals surface area contributed by atoms with Gasteiger partial charge in [-0.2, -0.15) is 0 Å². The number of nitrogens with zero attached hydrogens (tertiary/aromatic N) is 2. The molecule has 0 spiro atoms. The third kappa shape index (κ3) is 2.40. The molecule has 18 heavy (non-hydrogen) atoms. The summed E-state index contributed by atoms with van der Waals surface area (Å²) in [6.07, 6.45) is 15.0. The molecule has 2 aliphatic carbocycles. The average Bonchev–Trinajstić information content (AvgIpc) is 2.99. The molecule has 3 heteroatoms. The minimum atomic E-state index is 0.650. The Balaban J connectivity index is 1.70. The first-order chi connectivity index (χ1) is 8.84. The van der Waals surface area contributed by atoms with Gasteiger partial charge in [-0.05, 0) is 31.6 Å². The van der Waals surface area contributed by atoms with Crippen LogP contribution < -0.4 is 5.32 Å². The molecule has 0 aliphatic heterocycles. The molecule has 0 saturated heterocycles. The zero-order valence-corrected chi connectivity index (χ0v) is 11.4. The second-order valence-electron chi connectivity index (χ2n) is 6.11. The Morgan fingerprint density at radius 1 is 1.11 bits per heavy atom. The molecule has 0 amide bonds. The van der Waals surface area contributed by atoms with Gasteiger partial charge in [-0.3, -0.25) is 0 Å². The summed E-state index contributed by atoms with van der Waals surface area (Å²) in [6, 6.07) is 1.31. The van der Waals surface area contributed by atoms with Gasteiger partial charge in [-0.25, -0.2) is 4.98 Å². The number of rotatable bonds is 3. The lowest BCUT2D eigenvalue weighted by Crippen LogP contribution is -2.25. The molecule has 3 rings (SSSR count). The Morgan fingerprint density at radius 3 is 2.67 bits per heavy atom. The van der Waals surface area contributed by atoms with Crippen LogP contribution in [0.25, 0.3) is 0 Å². The van der Waals surface area contributed by atoms with Crippen molar-refractivity contribution in [1.82, 2.24) is 9.55 Å². The summed E-state index contributed by atoms with van der Waals surface area (Å²) < 4.78 is 2.40. The quantitative estimate of drug-likeness (QED) is 0.875. The summed E-state index contributed by atoms with van der Waals surface area (Å²) >= 11 is 0. The average molecular weight is 247 g/mol. The van der Waals surface area contributed by atoms with E-state index in [0.29, 0.717) is 12.1 Å². The maximum atomic E-state index is 4.54. The number of hydrogen-bond donors (Lipinski definition) is 1. The highest BCUT2D eigenvalue weighted by Crippen LogP contribution is 2.37. The van der Waals surface area contributed by atoms with Crippen molar-refractivity contribution < 1.29 is 0 Å². The standard InChI is InChI=1S/C15H25N3/c1-12-6-5-9-14(12)18-11-10-16-15(18)17-13-7-3-2-4-8-13/h10-14H,2-9H2,1H3,(H,16,17). The normalized spacial score (nSPS) is 29.6. The van der Waals surface area contributed by atoms with Crippen molar-refractivity contribution in [2.75, 3.05) is 5.32 Å². The molecule has 2 aliphatic rings. The van der Waals surface area contributed by atoms with Gasteiger partial charge in [0.2, 0.25) is 5.95 Å². The van der Waals surface area contributed by atoms with Gasteiger partial charge in [0.25, 0.3) is 0 Å². The molecule has 1 heterocycles. The third-order valence-corrected chi connectivity index (χ3v) is 4.78. The fraction of sp³-hybridized carbons (Fsp3) is 0.800. The van der Waals surface area contributed by atoms with E-state index in [2.05, 4.69) is 28.0 Å². The SMILES string of the molecule is CC1CCCC1n1ccnc1NC1CCCCC1. The number of imidazole rings is 1. The van der Waals surface area contributed by atoms with E-state index in [1.165, 1.54) is 51.4 Å². The van der Waals surface area contributed by atoms with E-state index in [1.54, 1.807) is 0 Å². The molecule has 2 fully saturated rings. The minimum Gasteiger partial charge on any atom is -0.353 e. The highest BCUT2D eigenvalue weighted by molar-refractivity contribution is 5.29. The molecular weight excluding hydrogens is 222 g/mol. The third-order valence-electron chi connectivity index (χ3n) is 4.78. The predicted molar refractivity (Wildman–Crippen MR) is 74.8 cm³/mol. The van der Waals surface area contributed by atoms with Crippen LogP contribution in [-0.2, 0) is 0 Å². The van der Waals surface area contributed by atoms with Crippen LogP contribution in [0.1, 0.15) is 64.3 Å². The van der Waals surface area contributed by atoms with Crippen LogP contribution in [0.2, 0.25) is 0 Å². The van der Waals surface area contributed by atoms with Gasteiger partial charge in [-0.15, -0.1) is 0 Å². The molecule has 1 N–H and O–H groups in total. The monoisotopic (exact) mass is 247 g/mol. The van der Waals surface area contributed by atoms with E-state index in [0.717, 1.165) is 11.9 Å². The van der Waals surface area contributed by atoms with E-state index in [-0.39, 0.29) is 0 Å². The molecule has 2 unspecified atom stereocenters.